The third kappa shape index (κ3) is 3.15. The van der Waals surface area contributed by atoms with Gasteiger partial charge in [-0.3, -0.25) is 9.69 Å². The molecule has 1 heterocycles. The molecule has 0 unspecified atom stereocenters. The number of carboxylic acids is 1. The first-order chi connectivity index (χ1) is 9.11. The molecule has 0 atom stereocenters. The third-order valence-electron chi connectivity index (χ3n) is 3.37. The maximum absolute atomic E-state index is 10.7. The average molecular weight is 261 g/mol. The zero-order valence-electron chi connectivity index (χ0n) is 11.3. The highest BCUT2D eigenvalue weighted by atomic mass is 16.4. The molecule has 4 heteroatoms. The molecule has 0 saturated carbocycles. The molecule has 0 aliphatic heterocycles. The lowest BCUT2D eigenvalue weighted by Crippen LogP contribution is -2.25. The summed E-state index contributed by atoms with van der Waals surface area (Å²) < 4.78 is 5.73. The quantitative estimate of drug-likeness (QED) is 0.868. The molecule has 2 rings (SSSR count). The molecule has 102 valence electrons. The van der Waals surface area contributed by atoms with Gasteiger partial charge in [0, 0.05) is 24.0 Å². The van der Waals surface area contributed by atoms with Gasteiger partial charge in [-0.05, 0) is 19.5 Å². The highest BCUT2D eigenvalue weighted by Crippen LogP contribution is 2.26. The SMILES string of the molecule is CCN(CCC(=O)O)Cc1c(C)oc2ccccc12. The van der Waals surface area contributed by atoms with Crippen molar-refractivity contribution in [2.24, 2.45) is 0 Å². The summed E-state index contributed by atoms with van der Waals surface area (Å²) in [4.78, 5) is 12.8. The third-order valence-corrected chi connectivity index (χ3v) is 3.37. The van der Waals surface area contributed by atoms with E-state index in [9.17, 15) is 4.79 Å². The molecule has 4 nitrogen and oxygen atoms in total. The normalized spacial score (nSPS) is 11.3. The standard InChI is InChI=1S/C15H19NO3/c1-3-16(9-8-15(17)18)10-13-11(2)19-14-7-5-4-6-12(13)14/h4-7H,3,8-10H2,1-2H3,(H,17,18). The number of para-hydroxylation sites is 1. The zero-order valence-corrected chi connectivity index (χ0v) is 11.3. The van der Waals surface area contributed by atoms with E-state index in [2.05, 4.69) is 4.90 Å². The van der Waals surface area contributed by atoms with Crippen LogP contribution >= 0.6 is 0 Å². The fourth-order valence-corrected chi connectivity index (χ4v) is 2.24. The van der Waals surface area contributed by atoms with Crippen LogP contribution in [0, 0.1) is 6.92 Å². The average Bonchev–Trinajstić information content (AvgIpc) is 2.70. The Morgan fingerprint density at radius 2 is 2.11 bits per heavy atom. The van der Waals surface area contributed by atoms with E-state index in [1.165, 1.54) is 0 Å². The van der Waals surface area contributed by atoms with E-state index >= 15 is 0 Å². The molecule has 2 aromatic rings. The maximum atomic E-state index is 10.7. The van der Waals surface area contributed by atoms with Crippen LogP contribution in [0.3, 0.4) is 0 Å². The van der Waals surface area contributed by atoms with Crippen molar-refractivity contribution in [1.82, 2.24) is 4.90 Å². The zero-order chi connectivity index (χ0) is 13.8. The van der Waals surface area contributed by atoms with Gasteiger partial charge in [0.1, 0.15) is 11.3 Å². The van der Waals surface area contributed by atoms with Gasteiger partial charge in [-0.2, -0.15) is 0 Å². The number of carbonyl (C=O) groups is 1. The molecule has 0 aliphatic rings. The summed E-state index contributed by atoms with van der Waals surface area (Å²) in [6.07, 6.45) is 0.169. The Morgan fingerprint density at radius 3 is 2.79 bits per heavy atom. The van der Waals surface area contributed by atoms with Gasteiger partial charge in [0.25, 0.3) is 0 Å². The van der Waals surface area contributed by atoms with Crippen molar-refractivity contribution in [1.29, 1.82) is 0 Å². The second kappa shape index (κ2) is 5.89. The first kappa shape index (κ1) is 13.6. The van der Waals surface area contributed by atoms with E-state index in [0.717, 1.165) is 35.4 Å². The second-order valence-electron chi connectivity index (χ2n) is 4.65. The maximum Gasteiger partial charge on any atom is 0.304 e. The topological polar surface area (TPSA) is 53.7 Å². The fraction of sp³-hybridized carbons (Fsp3) is 0.400. The van der Waals surface area contributed by atoms with Crippen LogP contribution in [0.5, 0.6) is 0 Å². The number of aryl methyl sites for hydroxylation is 1. The fourth-order valence-electron chi connectivity index (χ4n) is 2.24. The van der Waals surface area contributed by atoms with Crippen LogP contribution in [0.4, 0.5) is 0 Å². The molecule has 0 bridgehead atoms. The minimum atomic E-state index is -0.757. The number of carboxylic acid groups (broad SMARTS) is 1. The molecule has 0 fully saturated rings. The number of hydrogen-bond donors (Lipinski definition) is 1. The highest BCUT2D eigenvalue weighted by Gasteiger charge is 2.14. The van der Waals surface area contributed by atoms with Crippen LogP contribution in [0.25, 0.3) is 11.0 Å². The number of furan rings is 1. The molecule has 1 N–H and O–H groups in total. The summed E-state index contributed by atoms with van der Waals surface area (Å²) in [6.45, 7) is 6.11. The van der Waals surface area contributed by atoms with Crippen LogP contribution in [-0.4, -0.2) is 29.1 Å². The Bertz CT molecular complexity index is 574. The van der Waals surface area contributed by atoms with Gasteiger partial charge in [0.05, 0.1) is 6.42 Å². The Kier molecular flexibility index (Phi) is 4.22. The van der Waals surface area contributed by atoms with Crippen LogP contribution in [0.1, 0.15) is 24.7 Å². The Hall–Kier alpha value is -1.81. The van der Waals surface area contributed by atoms with Gasteiger partial charge in [-0.1, -0.05) is 25.1 Å². The summed E-state index contributed by atoms with van der Waals surface area (Å²) in [6, 6.07) is 7.96. The van der Waals surface area contributed by atoms with E-state index in [-0.39, 0.29) is 6.42 Å². The minimum absolute atomic E-state index is 0.169. The predicted molar refractivity (Wildman–Crippen MR) is 74.2 cm³/mol. The van der Waals surface area contributed by atoms with E-state index in [1.807, 2.05) is 38.1 Å². The first-order valence-electron chi connectivity index (χ1n) is 6.53. The minimum Gasteiger partial charge on any atom is -0.481 e. The van der Waals surface area contributed by atoms with Gasteiger partial charge < -0.3 is 9.52 Å². The molecule has 19 heavy (non-hydrogen) atoms. The first-order valence-corrected chi connectivity index (χ1v) is 6.53. The van der Waals surface area contributed by atoms with Gasteiger partial charge in [0.2, 0.25) is 0 Å². The van der Waals surface area contributed by atoms with Crippen molar-refractivity contribution in [3.8, 4) is 0 Å². The van der Waals surface area contributed by atoms with Crippen LogP contribution in [0.15, 0.2) is 28.7 Å². The smallest absolute Gasteiger partial charge is 0.304 e. The number of hydrogen-bond acceptors (Lipinski definition) is 3. The predicted octanol–water partition coefficient (Wildman–Crippen LogP) is 3.04. The lowest BCUT2D eigenvalue weighted by Gasteiger charge is -2.19. The molecule has 0 saturated heterocycles. The second-order valence-corrected chi connectivity index (χ2v) is 4.65. The Morgan fingerprint density at radius 1 is 1.37 bits per heavy atom. The number of fused-ring (bicyclic) bond motifs is 1. The van der Waals surface area contributed by atoms with Crippen molar-refractivity contribution < 1.29 is 14.3 Å². The number of benzene rings is 1. The number of rotatable bonds is 6. The van der Waals surface area contributed by atoms with Gasteiger partial charge in [-0.25, -0.2) is 0 Å². The molecule has 1 aromatic carbocycles. The Balaban J connectivity index is 2.19. The van der Waals surface area contributed by atoms with Crippen molar-refractivity contribution in [3.63, 3.8) is 0 Å². The number of nitrogens with zero attached hydrogens (tertiary/aromatic N) is 1. The molecule has 0 amide bonds. The van der Waals surface area contributed by atoms with Gasteiger partial charge in [-0.15, -0.1) is 0 Å². The van der Waals surface area contributed by atoms with E-state index in [4.69, 9.17) is 9.52 Å². The summed E-state index contributed by atoms with van der Waals surface area (Å²) in [5.74, 6) is 0.155. The summed E-state index contributed by atoms with van der Waals surface area (Å²) in [5.41, 5.74) is 2.05. The molecule has 0 aliphatic carbocycles. The largest absolute Gasteiger partial charge is 0.481 e. The van der Waals surface area contributed by atoms with Crippen molar-refractivity contribution in [2.45, 2.75) is 26.8 Å². The lowest BCUT2D eigenvalue weighted by atomic mass is 10.1. The lowest BCUT2D eigenvalue weighted by molar-refractivity contribution is -0.137. The van der Waals surface area contributed by atoms with E-state index < -0.39 is 5.97 Å². The van der Waals surface area contributed by atoms with Crippen molar-refractivity contribution in [3.05, 3.63) is 35.6 Å². The molecule has 1 aromatic heterocycles. The van der Waals surface area contributed by atoms with Crippen LogP contribution in [0.2, 0.25) is 0 Å². The molecule has 0 spiro atoms. The van der Waals surface area contributed by atoms with Gasteiger partial charge >= 0.3 is 5.97 Å². The van der Waals surface area contributed by atoms with Crippen molar-refractivity contribution in [2.75, 3.05) is 13.1 Å². The Labute approximate surface area is 112 Å². The summed E-state index contributed by atoms with van der Waals surface area (Å²) >= 11 is 0. The number of aliphatic carboxylic acids is 1. The van der Waals surface area contributed by atoms with E-state index in [0.29, 0.717) is 6.54 Å². The van der Waals surface area contributed by atoms with E-state index in [1.54, 1.807) is 0 Å². The highest BCUT2D eigenvalue weighted by molar-refractivity contribution is 5.82. The molecule has 0 radical (unpaired) electrons. The van der Waals surface area contributed by atoms with Gasteiger partial charge in [0.15, 0.2) is 0 Å². The molecular weight excluding hydrogens is 242 g/mol. The van der Waals surface area contributed by atoms with Crippen molar-refractivity contribution >= 4 is 16.9 Å². The molecular formula is C15H19NO3. The van der Waals surface area contributed by atoms with Crippen LogP contribution in [-0.2, 0) is 11.3 Å². The summed E-state index contributed by atoms with van der Waals surface area (Å²) in [5, 5.41) is 9.88. The summed E-state index contributed by atoms with van der Waals surface area (Å²) in [7, 11) is 0. The van der Waals surface area contributed by atoms with Crippen LogP contribution < -0.4 is 0 Å². The monoisotopic (exact) mass is 261 g/mol.